The molecule has 0 saturated carbocycles. The number of methoxy groups -OCH3 is 2. The Morgan fingerprint density at radius 3 is 2.68 bits per heavy atom. The minimum absolute atomic E-state index is 0.111. The second-order valence-electron chi connectivity index (χ2n) is 6.09. The number of amides is 1. The Bertz CT molecular complexity index is 938. The van der Waals surface area contributed by atoms with Crippen molar-refractivity contribution in [1.82, 2.24) is 4.98 Å². The predicted octanol–water partition coefficient (Wildman–Crippen LogP) is 4.83. The lowest BCUT2D eigenvalue weighted by molar-refractivity contribution is -0.116. The summed E-state index contributed by atoms with van der Waals surface area (Å²) in [6.45, 7) is 0.405. The Morgan fingerprint density at radius 1 is 1.18 bits per heavy atom. The van der Waals surface area contributed by atoms with Gasteiger partial charge in [0.2, 0.25) is 5.91 Å². The number of nitrogens with zero attached hydrogens (tertiary/aromatic N) is 1. The number of halogens is 1. The van der Waals surface area contributed by atoms with Crippen LogP contribution in [-0.4, -0.2) is 25.1 Å². The van der Waals surface area contributed by atoms with Gasteiger partial charge in [0, 0.05) is 41.2 Å². The summed E-state index contributed by atoms with van der Waals surface area (Å²) >= 11 is 3.48. The molecule has 0 atom stereocenters. The quantitative estimate of drug-likeness (QED) is 0.538. The molecule has 1 aromatic heterocycles. The Morgan fingerprint density at radius 2 is 1.96 bits per heavy atom. The van der Waals surface area contributed by atoms with Crippen LogP contribution in [0.3, 0.4) is 0 Å². The zero-order valence-corrected chi connectivity index (χ0v) is 17.3. The number of oxazole rings is 1. The number of carbonyl (C=O) groups is 1. The SMILES string of the molecule is COCc1c(Br)cccc1NC(=O)CCc1ncc(-c2ccc(OC)cc2)o1. The molecule has 0 unspecified atom stereocenters. The van der Waals surface area contributed by atoms with Crippen molar-refractivity contribution in [2.24, 2.45) is 0 Å². The van der Waals surface area contributed by atoms with Gasteiger partial charge in [0.25, 0.3) is 0 Å². The zero-order valence-electron chi connectivity index (χ0n) is 15.7. The predicted molar refractivity (Wildman–Crippen MR) is 110 cm³/mol. The van der Waals surface area contributed by atoms with E-state index in [-0.39, 0.29) is 12.3 Å². The molecule has 0 spiro atoms. The van der Waals surface area contributed by atoms with Crippen molar-refractivity contribution >= 4 is 27.5 Å². The van der Waals surface area contributed by atoms with Gasteiger partial charge in [-0.15, -0.1) is 0 Å². The summed E-state index contributed by atoms with van der Waals surface area (Å²) in [4.78, 5) is 16.6. The summed E-state index contributed by atoms with van der Waals surface area (Å²) in [6, 6.07) is 13.2. The first-order valence-corrected chi connectivity index (χ1v) is 9.55. The highest BCUT2D eigenvalue weighted by atomic mass is 79.9. The third-order valence-corrected chi connectivity index (χ3v) is 4.92. The first kappa shape index (κ1) is 20.1. The number of rotatable bonds is 8. The zero-order chi connectivity index (χ0) is 19.9. The molecule has 0 bridgehead atoms. The first-order valence-electron chi connectivity index (χ1n) is 8.76. The fourth-order valence-electron chi connectivity index (χ4n) is 2.71. The fourth-order valence-corrected chi connectivity index (χ4v) is 3.20. The molecule has 1 N–H and O–H groups in total. The maximum atomic E-state index is 12.4. The summed E-state index contributed by atoms with van der Waals surface area (Å²) in [7, 11) is 3.24. The summed E-state index contributed by atoms with van der Waals surface area (Å²) in [5, 5.41) is 2.93. The largest absolute Gasteiger partial charge is 0.497 e. The van der Waals surface area contributed by atoms with Gasteiger partial charge < -0.3 is 19.2 Å². The second kappa shape index (κ2) is 9.52. The summed E-state index contributed by atoms with van der Waals surface area (Å²) in [6.07, 6.45) is 2.34. The smallest absolute Gasteiger partial charge is 0.224 e. The average Bonchev–Trinajstić information content (AvgIpc) is 3.18. The van der Waals surface area contributed by atoms with Crippen molar-refractivity contribution in [2.75, 3.05) is 19.5 Å². The molecule has 0 aliphatic rings. The topological polar surface area (TPSA) is 73.6 Å². The Balaban J connectivity index is 1.60. The van der Waals surface area contributed by atoms with Crippen molar-refractivity contribution in [1.29, 1.82) is 0 Å². The van der Waals surface area contributed by atoms with Gasteiger partial charge in [0.1, 0.15) is 5.75 Å². The third kappa shape index (κ3) is 4.99. The van der Waals surface area contributed by atoms with Gasteiger partial charge in [-0.05, 0) is 36.4 Å². The minimum Gasteiger partial charge on any atom is -0.497 e. The molecule has 0 saturated heterocycles. The molecule has 3 aromatic rings. The summed E-state index contributed by atoms with van der Waals surface area (Å²) < 4.78 is 17.0. The molecule has 0 aliphatic heterocycles. The van der Waals surface area contributed by atoms with Gasteiger partial charge in [-0.2, -0.15) is 0 Å². The van der Waals surface area contributed by atoms with Crippen LogP contribution >= 0.6 is 15.9 Å². The molecule has 3 rings (SSSR count). The monoisotopic (exact) mass is 444 g/mol. The van der Waals surface area contributed by atoms with Crippen LogP contribution in [-0.2, 0) is 22.6 Å². The molecule has 6 nitrogen and oxygen atoms in total. The van der Waals surface area contributed by atoms with E-state index in [2.05, 4.69) is 26.2 Å². The van der Waals surface area contributed by atoms with E-state index in [1.54, 1.807) is 20.4 Å². The van der Waals surface area contributed by atoms with E-state index in [1.807, 2.05) is 42.5 Å². The number of anilines is 1. The van der Waals surface area contributed by atoms with Crippen LogP contribution in [0, 0.1) is 0 Å². The maximum Gasteiger partial charge on any atom is 0.224 e. The van der Waals surface area contributed by atoms with E-state index in [4.69, 9.17) is 13.9 Å². The lowest BCUT2D eigenvalue weighted by atomic mass is 10.2. The second-order valence-corrected chi connectivity index (χ2v) is 6.95. The average molecular weight is 445 g/mol. The fraction of sp³-hybridized carbons (Fsp3) is 0.238. The van der Waals surface area contributed by atoms with E-state index in [1.165, 1.54) is 0 Å². The Kier molecular flexibility index (Phi) is 6.84. The molecule has 7 heteroatoms. The number of carbonyl (C=O) groups excluding carboxylic acids is 1. The van der Waals surface area contributed by atoms with Crippen LogP contribution in [0.1, 0.15) is 17.9 Å². The molecule has 2 aromatic carbocycles. The van der Waals surface area contributed by atoms with Crippen molar-refractivity contribution in [2.45, 2.75) is 19.4 Å². The van der Waals surface area contributed by atoms with E-state index in [9.17, 15) is 4.79 Å². The van der Waals surface area contributed by atoms with E-state index in [0.29, 0.717) is 24.7 Å². The molecule has 0 fully saturated rings. The number of ether oxygens (including phenoxy) is 2. The van der Waals surface area contributed by atoms with Gasteiger partial charge in [-0.3, -0.25) is 4.79 Å². The van der Waals surface area contributed by atoms with Crippen molar-refractivity contribution in [3.8, 4) is 17.1 Å². The molecule has 28 heavy (non-hydrogen) atoms. The number of nitrogens with one attached hydrogen (secondary N) is 1. The maximum absolute atomic E-state index is 12.4. The standard InChI is InChI=1S/C21H21BrN2O4/c1-26-13-16-17(22)4-3-5-18(16)24-20(25)10-11-21-23-12-19(28-21)14-6-8-15(27-2)9-7-14/h3-9,12H,10-11,13H2,1-2H3,(H,24,25). The van der Waals surface area contributed by atoms with Gasteiger partial charge in [0.05, 0.1) is 19.9 Å². The first-order chi connectivity index (χ1) is 13.6. The van der Waals surface area contributed by atoms with Gasteiger partial charge in [-0.1, -0.05) is 22.0 Å². The normalized spacial score (nSPS) is 10.7. The highest BCUT2D eigenvalue weighted by Crippen LogP contribution is 2.26. The van der Waals surface area contributed by atoms with Crippen molar-refractivity contribution in [3.05, 3.63) is 64.6 Å². The lowest BCUT2D eigenvalue weighted by Gasteiger charge is -2.12. The molecular weight excluding hydrogens is 424 g/mol. The Labute approximate surface area is 172 Å². The summed E-state index contributed by atoms with van der Waals surface area (Å²) in [5.41, 5.74) is 2.53. The van der Waals surface area contributed by atoms with Crippen molar-refractivity contribution < 1.29 is 18.7 Å². The molecule has 0 radical (unpaired) electrons. The third-order valence-electron chi connectivity index (χ3n) is 4.18. The highest BCUT2D eigenvalue weighted by molar-refractivity contribution is 9.10. The van der Waals surface area contributed by atoms with E-state index < -0.39 is 0 Å². The number of benzene rings is 2. The minimum atomic E-state index is -0.111. The van der Waals surface area contributed by atoms with Crippen LogP contribution in [0.15, 0.2) is 57.6 Å². The van der Waals surface area contributed by atoms with Crippen LogP contribution in [0.5, 0.6) is 5.75 Å². The van der Waals surface area contributed by atoms with Crippen LogP contribution in [0.4, 0.5) is 5.69 Å². The number of hydrogen-bond donors (Lipinski definition) is 1. The highest BCUT2D eigenvalue weighted by Gasteiger charge is 2.12. The molecule has 146 valence electrons. The van der Waals surface area contributed by atoms with Gasteiger partial charge in [0.15, 0.2) is 11.7 Å². The van der Waals surface area contributed by atoms with Crippen LogP contribution < -0.4 is 10.1 Å². The van der Waals surface area contributed by atoms with E-state index >= 15 is 0 Å². The molecule has 1 heterocycles. The van der Waals surface area contributed by atoms with Crippen LogP contribution in [0.2, 0.25) is 0 Å². The van der Waals surface area contributed by atoms with Gasteiger partial charge >= 0.3 is 0 Å². The van der Waals surface area contributed by atoms with Crippen molar-refractivity contribution in [3.63, 3.8) is 0 Å². The summed E-state index contributed by atoms with van der Waals surface area (Å²) in [5.74, 6) is 1.85. The lowest BCUT2D eigenvalue weighted by Crippen LogP contribution is -2.14. The van der Waals surface area contributed by atoms with Gasteiger partial charge in [-0.25, -0.2) is 4.98 Å². The number of hydrogen-bond acceptors (Lipinski definition) is 5. The Hall–Kier alpha value is -2.64. The molecular formula is C21H21BrN2O4. The number of aromatic nitrogens is 1. The number of aryl methyl sites for hydroxylation is 1. The van der Waals surface area contributed by atoms with Crippen LogP contribution in [0.25, 0.3) is 11.3 Å². The van der Waals surface area contributed by atoms with E-state index in [0.717, 1.165) is 27.0 Å². The molecule has 0 aliphatic carbocycles. The molecule has 1 amide bonds.